The lowest BCUT2D eigenvalue weighted by atomic mass is 9.74. The summed E-state index contributed by atoms with van der Waals surface area (Å²) in [4.78, 5) is 13.9. The van der Waals surface area contributed by atoms with Crippen LogP contribution in [0, 0.1) is 0 Å². The van der Waals surface area contributed by atoms with Crippen molar-refractivity contribution >= 4 is 6.03 Å². The van der Waals surface area contributed by atoms with Gasteiger partial charge in [-0.15, -0.1) is 0 Å². The topological polar surface area (TPSA) is 50.8 Å². The van der Waals surface area contributed by atoms with E-state index in [1.165, 1.54) is 11.8 Å². The van der Waals surface area contributed by atoms with Crippen molar-refractivity contribution in [2.45, 2.75) is 43.5 Å². The molecule has 0 radical (unpaired) electrons. The number of amides is 2. The van der Waals surface area contributed by atoms with Gasteiger partial charge in [-0.3, -0.25) is 0 Å². The van der Waals surface area contributed by atoms with Crippen molar-refractivity contribution in [2.24, 2.45) is 0 Å². The molecule has 3 rings (SSSR count). The molecule has 2 saturated heterocycles. The number of nitrogens with one attached hydrogen (secondary N) is 1. The molecule has 1 N–H and O–H groups in total. The largest absolute Gasteiger partial charge is 0.416 e. The predicted molar refractivity (Wildman–Crippen MR) is 93.5 cm³/mol. The van der Waals surface area contributed by atoms with Gasteiger partial charge in [0, 0.05) is 31.7 Å². The molecule has 2 aliphatic rings. The van der Waals surface area contributed by atoms with Crippen LogP contribution in [-0.4, -0.2) is 62.2 Å². The molecule has 0 aliphatic carbocycles. The number of carbonyl (C=O) groups is 1. The van der Waals surface area contributed by atoms with E-state index >= 15 is 0 Å². The number of urea groups is 1. The van der Waals surface area contributed by atoms with E-state index in [0.717, 1.165) is 18.4 Å². The quantitative estimate of drug-likeness (QED) is 0.869. The second kappa shape index (κ2) is 8.06. The molecule has 2 aliphatic heterocycles. The fraction of sp³-hybridized carbons (Fsp3) is 0.632. The van der Waals surface area contributed by atoms with Crippen LogP contribution >= 0.6 is 0 Å². The van der Waals surface area contributed by atoms with E-state index in [-0.39, 0.29) is 18.6 Å². The van der Waals surface area contributed by atoms with Gasteiger partial charge in [0.2, 0.25) is 0 Å². The van der Waals surface area contributed by atoms with Gasteiger partial charge in [-0.1, -0.05) is 30.3 Å². The van der Waals surface area contributed by atoms with Crippen LogP contribution in [0.5, 0.6) is 0 Å². The van der Waals surface area contributed by atoms with E-state index in [1.54, 1.807) is 0 Å². The summed E-state index contributed by atoms with van der Waals surface area (Å²) in [5, 5.41) is 2.87. The molecule has 2 atom stereocenters. The van der Waals surface area contributed by atoms with Crippen LogP contribution in [0.1, 0.15) is 25.3 Å². The summed E-state index contributed by atoms with van der Waals surface area (Å²) in [6.45, 7) is 2.93. The molecule has 0 aromatic heterocycles. The van der Waals surface area contributed by atoms with Gasteiger partial charge in [-0.25, -0.2) is 4.79 Å². The Morgan fingerprint density at radius 1 is 1.22 bits per heavy atom. The Morgan fingerprint density at radius 2 is 1.89 bits per heavy atom. The molecular formula is C19H25F3N2O3. The monoisotopic (exact) mass is 386 g/mol. The van der Waals surface area contributed by atoms with Gasteiger partial charge in [0.15, 0.2) is 6.10 Å². The van der Waals surface area contributed by atoms with Crippen LogP contribution in [0.25, 0.3) is 0 Å². The van der Waals surface area contributed by atoms with Crippen LogP contribution in [-0.2, 0) is 14.9 Å². The lowest BCUT2D eigenvalue weighted by molar-refractivity contribution is -0.246. The van der Waals surface area contributed by atoms with E-state index in [2.05, 4.69) is 5.32 Å². The van der Waals surface area contributed by atoms with Gasteiger partial charge in [0.25, 0.3) is 0 Å². The first-order valence-corrected chi connectivity index (χ1v) is 9.20. The summed E-state index contributed by atoms with van der Waals surface area (Å²) in [7, 11) is 0. The Hall–Kier alpha value is -1.80. The normalized spacial score (nSPS) is 25.9. The Labute approximate surface area is 156 Å². The number of rotatable bonds is 3. The highest BCUT2D eigenvalue weighted by Crippen LogP contribution is 2.34. The van der Waals surface area contributed by atoms with Gasteiger partial charge >= 0.3 is 12.2 Å². The second-order valence-corrected chi connectivity index (χ2v) is 7.18. The Morgan fingerprint density at radius 3 is 2.52 bits per heavy atom. The van der Waals surface area contributed by atoms with Gasteiger partial charge < -0.3 is 19.7 Å². The highest BCUT2D eigenvalue weighted by atomic mass is 19.4. The minimum absolute atomic E-state index is 0.125. The second-order valence-electron chi connectivity index (χ2n) is 7.18. The lowest BCUT2D eigenvalue weighted by Crippen LogP contribution is -2.60. The maximum atomic E-state index is 13.1. The first-order valence-electron chi connectivity index (χ1n) is 9.20. The van der Waals surface area contributed by atoms with Crippen molar-refractivity contribution in [3.63, 3.8) is 0 Å². The number of alkyl halides is 3. The SMILES string of the molecule is CC1C(C(F)(F)F)OCCN1C(=O)NCC1(c2ccccc2)CCOCC1. The van der Waals surface area contributed by atoms with E-state index in [9.17, 15) is 18.0 Å². The van der Waals surface area contributed by atoms with Crippen molar-refractivity contribution in [3.05, 3.63) is 35.9 Å². The summed E-state index contributed by atoms with van der Waals surface area (Å²) in [6, 6.07) is 8.33. The molecular weight excluding hydrogens is 361 g/mol. The molecule has 0 bridgehead atoms. The molecule has 8 heteroatoms. The van der Waals surface area contributed by atoms with Crippen molar-refractivity contribution in [2.75, 3.05) is 32.9 Å². The van der Waals surface area contributed by atoms with Crippen molar-refractivity contribution < 1.29 is 27.4 Å². The molecule has 2 heterocycles. The maximum absolute atomic E-state index is 13.1. The van der Waals surface area contributed by atoms with Gasteiger partial charge in [0.05, 0.1) is 12.6 Å². The first-order chi connectivity index (χ1) is 12.8. The van der Waals surface area contributed by atoms with Gasteiger partial charge in [-0.05, 0) is 25.3 Å². The number of ether oxygens (including phenoxy) is 2. The molecule has 150 valence electrons. The third-order valence-corrected chi connectivity index (χ3v) is 5.56. The van der Waals surface area contributed by atoms with Crippen LogP contribution < -0.4 is 5.32 Å². The van der Waals surface area contributed by atoms with E-state index in [0.29, 0.717) is 19.8 Å². The lowest BCUT2D eigenvalue weighted by Gasteiger charge is -2.41. The smallest absolute Gasteiger partial charge is 0.381 e. The number of benzene rings is 1. The predicted octanol–water partition coefficient (Wildman–Crippen LogP) is 3.10. The van der Waals surface area contributed by atoms with Crippen molar-refractivity contribution in [1.82, 2.24) is 10.2 Å². The molecule has 2 fully saturated rings. The van der Waals surface area contributed by atoms with Gasteiger partial charge in [0.1, 0.15) is 0 Å². The zero-order valence-electron chi connectivity index (χ0n) is 15.3. The molecule has 27 heavy (non-hydrogen) atoms. The number of halogens is 3. The molecule has 2 amide bonds. The summed E-state index contributed by atoms with van der Waals surface area (Å²) in [6.07, 6.45) is -4.95. The summed E-state index contributed by atoms with van der Waals surface area (Å²) in [5.41, 5.74) is 0.838. The van der Waals surface area contributed by atoms with Crippen LogP contribution in [0.3, 0.4) is 0 Å². The average Bonchev–Trinajstić information content (AvgIpc) is 2.67. The number of morpholine rings is 1. The van der Waals surface area contributed by atoms with Gasteiger partial charge in [-0.2, -0.15) is 13.2 Å². The molecule has 1 aromatic carbocycles. The first kappa shape index (κ1) is 19.9. The summed E-state index contributed by atoms with van der Waals surface area (Å²) >= 11 is 0. The fourth-order valence-electron chi connectivity index (χ4n) is 3.91. The summed E-state index contributed by atoms with van der Waals surface area (Å²) in [5.74, 6) is 0. The molecule has 1 aromatic rings. The van der Waals surface area contributed by atoms with E-state index in [4.69, 9.17) is 9.47 Å². The zero-order valence-corrected chi connectivity index (χ0v) is 15.3. The third kappa shape index (κ3) is 4.38. The average molecular weight is 386 g/mol. The number of carbonyl (C=O) groups excluding carboxylic acids is 1. The molecule has 0 saturated carbocycles. The Kier molecular flexibility index (Phi) is 5.95. The van der Waals surface area contributed by atoms with Crippen LogP contribution in [0.15, 0.2) is 30.3 Å². The highest BCUT2D eigenvalue weighted by molar-refractivity contribution is 5.75. The Balaban J connectivity index is 1.69. The van der Waals surface area contributed by atoms with Crippen molar-refractivity contribution in [3.8, 4) is 0 Å². The maximum Gasteiger partial charge on any atom is 0.416 e. The third-order valence-electron chi connectivity index (χ3n) is 5.56. The molecule has 5 nitrogen and oxygen atoms in total. The molecule has 2 unspecified atom stereocenters. The minimum Gasteiger partial charge on any atom is -0.381 e. The number of nitrogens with zero attached hydrogens (tertiary/aromatic N) is 1. The number of hydrogen-bond donors (Lipinski definition) is 1. The molecule has 0 spiro atoms. The van der Waals surface area contributed by atoms with Crippen LogP contribution in [0.4, 0.5) is 18.0 Å². The van der Waals surface area contributed by atoms with Crippen LogP contribution in [0.2, 0.25) is 0 Å². The highest BCUT2D eigenvalue weighted by Gasteiger charge is 2.49. The van der Waals surface area contributed by atoms with E-state index < -0.39 is 24.4 Å². The zero-order chi connectivity index (χ0) is 19.5. The van der Waals surface area contributed by atoms with Crippen molar-refractivity contribution in [1.29, 1.82) is 0 Å². The Bertz CT molecular complexity index is 633. The standard InChI is InChI=1S/C19H25F3N2O3/c1-14-16(19(20,21)22)27-12-9-24(14)17(25)23-13-18(7-10-26-11-8-18)15-5-3-2-4-6-15/h2-6,14,16H,7-13H2,1H3,(H,23,25). The summed E-state index contributed by atoms with van der Waals surface area (Å²) < 4.78 is 49.6. The fourth-order valence-corrected chi connectivity index (χ4v) is 3.91. The van der Waals surface area contributed by atoms with E-state index in [1.807, 2.05) is 30.3 Å². The number of hydrogen-bond acceptors (Lipinski definition) is 3. The minimum atomic E-state index is -4.50.